The Hall–Kier alpha value is -14.5. The van der Waals surface area contributed by atoms with Gasteiger partial charge in [-0.1, -0.05) is 79.5 Å². The van der Waals surface area contributed by atoms with Crippen molar-refractivity contribution in [3.05, 3.63) is 270 Å². The first-order chi connectivity index (χ1) is 64.2. The normalized spacial score (nSPS) is 17.9. The summed E-state index contributed by atoms with van der Waals surface area (Å²) in [5.74, 6) is -11.2. The van der Waals surface area contributed by atoms with Crippen molar-refractivity contribution in [3.8, 4) is 56.2 Å². The number of carbonyl (C=O) groups is 4. The summed E-state index contributed by atoms with van der Waals surface area (Å²) in [5, 5.41) is 0.242. The summed E-state index contributed by atoms with van der Waals surface area (Å²) in [6.07, 6.45) is 9.88. The number of anilines is 7. The molecule has 0 spiro atoms. The third-order valence-electron chi connectivity index (χ3n) is 26.7. The molecule has 0 saturated carbocycles. The number of nitrogen functional groups attached to an aromatic ring is 3. The Morgan fingerprint density at radius 3 is 1.16 bits per heavy atom. The Morgan fingerprint density at radius 1 is 0.422 bits per heavy atom. The van der Waals surface area contributed by atoms with Gasteiger partial charge in [0.2, 0.25) is 23.5 Å². The van der Waals surface area contributed by atoms with Crippen LogP contribution in [0, 0.1) is 73.1 Å². The number of nitrogens with two attached hydrogens (primary N) is 3. The second-order valence-electron chi connectivity index (χ2n) is 36.1. The minimum atomic E-state index is -1.20. The van der Waals surface area contributed by atoms with E-state index in [1.807, 2.05) is 72.1 Å². The zero-order chi connectivity index (χ0) is 97.3. The number of ether oxygens (including phenoxy) is 1. The number of nitrogens with zero attached hydrogens (tertiary/aromatic N) is 13. The van der Waals surface area contributed by atoms with E-state index in [0.717, 1.165) is 41.0 Å². The van der Waals surface area contributed by atoms with Crippen molar-refractivity contribution in [3.63, 3.8) is 0 Å². The van der Waals surface area contributed by atoms with E-state index in [2.05, 4.69) is 34.7 Å². The number of hydrogen-bond acceptors (Lipinski definition) is 17. The molecule has 0 aliphatic carbocycles. The second-order valence-corrected chi connectivity index (χ2v) is 36.1. The Bertz CT molecular complexity index is 7180. The molecule has 6 aliphatic heterocycles. The van der Waals surface area contributed by atoms with Crippen molar-refractivity contribution in [2.75, 3.05) is 89.7 Å². The van der Waals surface area contributed by atoms with Crippen LogP contribution in [0.4, 0.5) is 79.3 Å². The summed E-state index contributed by atoms with van der Waals surface area (Å²) in [6, 6.07) is 17.3. The zero-order valence-corrected chi connectivity index (χ0v) is 76.7. The third kappa shape index (κ3) is 15.5. The number of likely N-dealkylation sites (N-methyl/N-ethyl adjacent to an activating group) is 1. The van der Waals surface area contributed by atoms with Crippen molar-refractivity contribution in [1.82, 2.24) is 43.4 Å². The summed E-state index contributed by atoms with van der Waals surface area (Å²) in [7, 11) is 1.42. The molecule has 6 atom stereocenters. The molecule has 6 aromatic heterocycles. The lowest BCUT2D eigenvalue weighted by atomic mass is 9.89. The van der Waals surface area contributed by atoms with E-state index in [0.29, 0.717) is 95.3 Å². The number of amides is 4. The van der Waals surface area contributed by atoms with Gasteiger partial charge in [0.25, 0.3) is 22.6 Å². The lowest BCUT2D eigenvalue weighted by Crippen LogP contribution is -2.66. The van der Waals surface area contributed by atoms with Gasteiger partial charge in [-0.2, -0.15) is 0 Å². The van der Waals surface area contributed by atoms with Gasteiger partial charge in [0, 0.05) is 144 Å². The number of halogens is 9. The molecular weight excluding hydrogens is 1750 g/mol. The highest BCUT2D eigenvalue weighted by Gasteiger charge is 2.49. The van der Waals surface area contributed by atoms with Gasteiger partial charge in [0.15, 0.2) is 17.5 Å². The highest BCUT2D eigenvalue weighted by atomic mass is 19.2. The van der Waals surface area contributed by atoms with Crippen LogP contribution in [0.25, 0.3) is 83.2 Å². The molecule has 24 nitrogen and oxygen atoms in total. The van der Waals surface area contributed by atoms with E-state index < -0.39 is 120 Å². The van der Waals surface area contributed by atoms with Crippen molar-refractivity contribution in [2.45, 2.75) is 156 Å². The number of carbonyl (C=O) groups excluding carboxylic acids is 4. The predicted octanol–water partition coefficient (Wildman–Crippen LogP) is 16.9. The van der Waals surface area contributed by atoms with Gasteiger partial charge in [-0.25, -0.2) is 39.5 Å². The first-order valence-corrected chi connectivity index (χ1v) is 44.5. The second kappa shape index (κ2) is 36.1. The molecule has 12 heterocycles. The van der Waals surface area contributed by atoms with Gasteiger partial charge in [0.05, 0.1) is 104 Å². The highest BCUT2D eigenvalue weighted by molar-refractivity contribution is 6.13. The summed E-state index contributed by atoms with van der Waals surface area (Å²) < 4.78 is 156. The van der Waals surface area contributed by atoms with Crippen LogP contribution in [0.3, 0.4) is 0 Å². The average Bonchev–Trinajstić information content (AvgIpc) is 1.16. The summed E-state index contributed by atoms with van der Waals surface area (Å²) in [6.45, 7) is 34.5. The van der Waals surface area contributed by atoms with E-state index in [4.69, 9.17) is 21.9 Å². The van der Waals surface area contributed by atoms with Gasteiger partial charge in [-0.15, -0.1) is 0 Å². The zero-order valence-electron chi connectivity index (χ0n) is 76.7. The summed E-state index contributed by atoms with van der Waals surface area (Å²) in [5.41, 5.74) is 17.4. The Morgan fingerprint density at radius 2 is 0.770 bits per heavy atom. The molecule has 700 valence electrons. The van der Waals surface area contributed by atoms with Gasteiger partial charge >= 0.3 is 0 Å². The molecule has 18 rings (SSSR count). The molecule has 33 heteroatoms. The first kappa shape index (κ1) is 93.7. The maximum atomic E-state index is 17.2. The smallest absolute Gasteiger partial charge is 0.300 e. The molecule has 0 bridgehead atoms. The molecule has 135 heavy (non-hydrogen) atoms. The largest absolute Gasteiger partial charge is 0.486 e. The number of fused-ring (bicyclic) bond motifs is 15. The Kier molecular flexibility index (Phi) is 25.1. The Labute approximate surface area is 771 Å². The van der Waals surface area contributed by atoms with Crippen LogP contribution in [-0.4, -0.2) is 156 Å². The fraction of sp³-hybridized carbons (Fsp3) is 0.314. The van der Waals surface area contributed by atoms with Crippen LogP contribution in [0.1, 0.15) is 132 Å². The standard InChI is InChI=1S/C34H33F3N6O3.C34H34F3N5O3.C34H34F3N5O2/c1-7-24(44)41-15-23-33(45)40(6)32-31(42(23)14-18(41)5)19-13-21(36)26(25-20(35)9-8-10-22(25)38)27(37)30(19)43(34(32)46)29-17(4)11-12-39-28(29)16(2)3;1-6-25(43)40-16-20-11-13-45-33-32(41(20)15-19(40)5)21-14-23(36)27(26-22(35)8-7-9-24(26)38)28(37)31(21)42(34(33)44)30-18(4)10-12-39-29(30)17(2)3;1-6-26(43)40-16-20-10-11-21-32(41(20)15-19(40)5)22-14-24(36)28(27-23(35)8-7-9-25(27)38)29(37)33(22)42(34(21)44)31-18(4)12-13-39-30(31)17(2)3/h7-13,16,18,23H,1,14-15,38H2,2-6H3;6-10,12,14,17,19-20H,1,11,13,15-16,38H2,2-5H3;6-9,12-14,17,19-20H,1,10-11,15-16,38H2,2-5H3. The van der Waals surface area contributed by atoms with Gasteiger partial charge < -0.3 is 56.2 Å². The van der Waals surface area contributed by atoms with E-state index in [-0.39, 0.29) is 164 Å². The van der Waals surface area contributed by atoms with E-state index in [9.17, 15) is 33.6 Å². The number of hydrogen-bond donors (Lipinski definition) is 3. The van der Waals surface area contributed by atoms with Gasteiger partial charge in [-0.3, -0.25) is 62.2 Å². The highest BCUT2D eigenvalue weighted by Crippen LogP contribution is 2.51. The number of pyridine rings is 6. The molecule has 3 saturated heterocycles. The first-order valence-electron chi connectivity index (χ1n) is 44.5. The van der Waals surface area contributed by atoms with E-state index >= 15 is 39.5 Å². The molecule has 3 fully saturated rings. The van der Waals surface area contributed by atoms with Gasteiger partial charge in [-0.05, 0) is 180 Å². The van der Waals surface area contributed by atoms with Crippen LogP contribution >= 0.6 is 0 Å². The monoisotopic (exact) mass is 1850 g/mol. The van der Waals surface area contributed by atoms with Crippen LogP contribution in [-0.2, 0) is 25.6 Å². The molecule has 6 aliphatic rings. The van der Waals surface area contributed by atoms with Crippen LogP contribution in [0.5, 0.6) is 5.75 Å². The Balaban J connectivity index is 0.000000147. The maximum Gasteiger partial charge on any atom is 0.300 e. The number of aryl methyl sites for hydroxylation is 3. The van der Waals surface area contributed by atoms with E-state index in [1.54, 1.807) is 72.3 Å². The molecule has 0 radical (unpaired) electrons. The lowest BCUT2D eigenvalue weighted by molar-refractivity contribution is -0.131. The van der Waals surface area contributed by atoms with Crippen molar-refractivity contribution < 1.29 is 63.4 Å². The molecule has 4 amide bonds. The molecule has 6 unspecified atom stereocenters. The molecule has 12 aromatic rings. The van der Waals surface area contributed by atoms with Crippen LogP contribution in [0.15, 0.2) is 162 Å². The molecule has 6 aromatic carbocycles. The number of benzene rings is 6. The average molecular weight is 1850 g/mol. The molecular formula is C102H101F9N16O8. The topological polar surface area (TPSA) is 283 Å². The summed E-state index contributed by atoms with van der Waals surface area (Å²) >= 11 is 0. The van der Waals surface area contributed by atoms with E-state index in [1.165, 1.54) is 80.6 Å². The predicted molar refractivity (Wildman–Crippen MR) is 507 cm³/mol. The SMILES string of the molecule is C=CC(=O)N1CC2C(=O)N(C)c3c(c4cc(F)c(-c5c(N)cccc5F)c(F)c4n(-c4c(C)ccnc4C(C)C)c3=O)N2CC1C.C=CC(=O)N1CC2CCOc3c(c4cc(F)c(-c5c(N)cccc5F)c(F)c4n(-c4c(C)ccnc4C(C)C)c3=O)N2CC1C.C=CC(=O)N1CC2CCc3c(c4cc(F)c(-c5c(N)cccc5F)c(F)c4n(-c4c(C)ccnc4C(C)C)c3=O)N2CC1C. The third-order valence-corrected chi connectivity index (χ3v) is 26.7. The lowest BCUT2D eigenvalue weighted by Gasteiger charge is -2.50. The van der Waals surface area contributed by atoms with Crippen LogP contribution < -0.4 is 58.2 Å². The minimum absolute atomic E-state index is 0.0127. The minimum Gasteiger partial charge on any atom is -0.486 e. The molecule has 6 N–H and O–H groups in total. The number of rotatable bonds is 12. The number of piperazine rings is 3. The van der Waals surface area contributed by atoms with Crippen molar-refractivity contribution in [1.29, 1.82) is 0 Å². The number of aromatic nitrogens is 6. The van der Waals surface area contributed by atoms with Crippen LogP contribution in [0.2, 0.25) is 0 Å². The van der Waals surface area contributed by atoms with Crippen molar-refractivity contribution in [2.24, 2.45) is 0 Å². The van der Waals surface area contributed by atoms with Crippen molar-refractivity contribution >= 4 is 96.1 Å². The summed E-state index contributed by atoms with van der Waals surface area (Å²) in [4.78, 5) is 121. The quantitative estimate of drug-likeness (QED) is 0.0582. The maximum absolute atomic E-state index is 17.2. The van der Waals surface area contributed by atoms with Gasteiger partial charge in [0.1, 0.15) is 46.6 Å². The fourth-order valence-corrected chi connectivity index (χ4v) is 20.3. The fourth-order valence-electron chi connectivity index (χ4n) is 20.3.